The minimum absolute atomic E-state index is 0.0700. The van der Waals surface area contributed by atoms with Crippen LogP contribution < -0.4 is 10.0 Å². The lowest BCUT2D eigenvalue weighted by molar-refractivity contribution is -0.138. The molecule has 5 nitrogen and oxygen atoms in total. The molecule has 2 atom stereocenters. The van der Waals surface area contributed by atoms with Crippen molar-refractivity contribution in [2.45, 2.75) is 58.9 Å². The molecule has 0 radical (unpaired) electrons. The van der Waals surface area contributed by atoms with E-state index in [1.54, 1.807) is 0 Å². The minimum Gasteiger partial charge on any atom is -0.352 e. The zero-order chi connectivity index (χ0) is 24.7. The van der Waals surface area contributed by atoms with Gasteiger partial charge < -0.3 is 10.2 Å². The van der Waals surface area contributed by atoms with Crippen LogP contribution in [0.1, 0.15) is 62.5 Å². The lowest BCUT2D eigenvalue weighted by atomic mass is 10.0. The van der Waals surface area contributed by atoms with Gasteiger partial charge in [-0.05, 0) is 70.8 Å². The first-order valence-corrected chi connectivity index (χ1v) is 11.8. The quantitative estimate of drug-likeness (QED) is 0.464. The molecule has 0 heterocycles. The summed E-state index contributed by atoms with van der Waals surface area (Å²) in [4.78, 5) is 14.6. The lowest BCUT2D eigenvalue weighted by Gasteiger charge is -2.24. The SMILES string of the molecule is CCN(CCNS(=O)C(C)(C)C)CCC(C)CNC(=O)c1cc(F)cc(C(F)(F)F)c1C. The van der Waals surface area contributed by atoms with Gasteiger partial charge in [0, 0.05) is 25.2 Å². The minimum atomic E-state index is -4.73. The normalized spacial score (nSPS) is 14.5. The van der Waals surface area contributed by atoms with E-state index in [0.29, 0.717) is 12.6 Å². The van der Waals surface area contributed by atoms with Crippen LogP contribution in [0.15, 0.2) is 12.1 Å². The predicted octanol–water partition coefficient (Wildman–Crippen LogP) is 4.28. The van der Waals surface area contributed by atoms with Gasteiger partial charge in [-0.2, -0.15) is 13.2 Å². The van der Waals surface area contributed by atoms with Crippen molar-refractivity contribution in [3.8, 4) is 0 Å². The number of nitrogens with zero attached hydrogens (tertiary/aromatic N) is 1. The fourth-order valence-corrected chi connectivity index (χ4v) is 3.73. The van der Waals surface area contributed by atoms with Crippen molar-refractivity contribution in [2.24, 2.45) is 5.92 Å². The van der Waals surface area contributed by atoms with Crippen LogP contribution in [0.4, 0.5) is 17.6 Å². The van der Waals surface area contributed by atoms with Crippen LogP contribution in [-0.4, -0.2) is 52.5 Å². The standard InChI is InChI=1S/C22H35F4N3O2S/c1-7-29(11-9-28-32(31)21(4,5)6)10-8-15(2)14-27-20(30)18-12-17(23)13-19(16(18)3)22(24,25)26/h12-13,15,28H,7-11,14H2,1-6H3,(H,27,30). The molecule has 0 aliphatic heterocycles. The molecule has 0 bridgehead atoms. The molecule has 0 fully saturated rings. The van der Waals surface area contributed by atoms with Crippen molar-refractivity contribution < 1.29 is 26.6 Å². The molecule has 1 amide bonds. The summed E-state index contributed by atoms with van der Waals surface area (Å²) in [7, 11) is -1.13. The average Bonchev–Trinajstić information content (AvgIpc) is 2.68. The molecule has 1 aromatic rings. The van der Waals surface area contributed by atoms with Crippen molar-refractivity contribution in [1.29, 1.82) is 0 Å². The summed E-state index contributed by atoms with van der Waals surface area (Å²) in [6, 6.07) is 1.23. The third kappa shape index (κ3) is 9.15. The van der Waals surface area contributed by atoms with E-state index >= 15 is 0 Å². The third-order valence-electron chi connectivity index (χ3n) is 5.14. The van der Waals surface area contributed by atoms with Crippen molar-refractivity contribution >= 4 is 16.9 Å². The Balaban J connectivity index is 2.55. The molecule has 0 aliphatic rings. The lowest BCUT2D eigenvalue weighted by Crippen LogP contribution is -2.39. The van der Waals surface area contributed by atoms with Gasteiger partial charge >= 0.3 is 6.18 Å². The summed E-state index contributed by atoms with van der Waals surface area (Å²) in [5.41, 5.74) is -1.74. The van der Waals surface area contributed by atoms with Crippen molar-refractivity contribution in [3.63, 3.8) is 0 Å². The van der Waals surface area contributed by atoms with Gasteiger partial charge in [0.05, 0.1) is 21.3 Å². The number of hydrogen-bond donors (Lipinski definition) is 2. The Hall–Kier alpha value is -1.52. The van der Waals surface area contributed by atoms with E-state index in [2.05, 4.69) is 14.9 Å². The smallest absolute Gasteiger partial charge is 0.352 e. The first-order chi connectivity index (χ1) is 14.7. The number of alkyl halides is 3. The molecule has 0 saturated carbocycles. The zero-order valence-corrected chi connectivity index (χ0v) is 20.5. The Morgan fingerprint density at radius 3 is 2.34 bits per heavy atom. The number of rotatable bonds is 11. The Kier molecular flexibility index (Phi) is 10.8. The van der Waals surface area contributed by atoms with E-state index < -0.39 is 34.4 Å². The number of carbonyl (C=O) groups excluding carboxylic acids is 1. The second kappa shape index (κ2) is 12.1. The summed E-state index contributed by atoms with van der Waals surface area (Å²) < 4.78 is 67.6. The predicted molar refractivity (Wildman–Crippen MR) is 120 cm³/mol. The molecule has 0 aliphatic carbocycles. The Bertz CT molecular complexity index is 795. The van der Waals surface area contributed by atoms with Crippen molar-refractivity contribution in [3.05, 3.63) is 34.6 Å². The number of likely N-dealkylation sites (N-methyl/N-ethyl adjacent to an activating group) is 1. The third-order valence-corrected chi connectivity index (χ3v) is 6.71. The first-order valence-electron chi connectivity index (χ1n) is 10.7. The highest BCUT2D eigenvalue weighted by molar-refractivity contribution is 7.84. The maximum absolute atomic E-state index is 13.7. The molecule has 1 aromatic carbocycles. The Labute approximate surface area is 190 Å². The largest absolute Gasteiger partial charge is 0.416 e. The van der Waals surface area contributed by atoms with E-state index in [-0.39, 0.29) is 28.3 Å². The number of hydrogen-bond acceptors (Lipinski definition) is 3. The Morgan fingerprint density at radius 2 is 1.81 bits per heavy atom. The van der Waals surface area contributed by atoms with E-state index in [1.165, 1.54) is 6.92 Å². The first kappa shape index (κ1) is 28.5. The molecule has 1 rings (SSSR count). The number of amides is 1. The summed E-state index contributed by atoms with van der Waals surface area (Å²) in [5, 5.41) is 2.62. The highest BCUT2D eigenvalue weighted by Gasteiger charge is 2.34. The molecule has 184 valence electrons. The van der Waals surface area contributed by atoms with E-state index in [1.807, 2.05) is 34.6 Å². The highest BCUT2D eigenvalue weighted by atomic mass is 32.2. The van der Waals surface area contributed by atoms with Gasteiger partial charge in [0.15, 0.2) is 0 Å². The summed E-state index contributed by atoms with van der Waals surface area (Å²) in [5.74, 6) is -1.75. The number of benzene rings is 1. The van der Waals surface area contributed by atoms with Gasteiger partial charge in [-0.25, -0.2) is 13.3 Å². The van der Waals surface area contributed by atoms with Crippen LogP contribution in [0.3, 0.4) is 0 Å². The fourth-order valence-electron chi connectivity index (χ4n) is 3.02. The number of carbonyl (C=O) groups is 1. The van der Waals surface area contributed by atoms with Crippen molar-refractivity contribution in [2.75, 3.05) is 32.7 Å². The molecule has 2 unspecified atom stereocenters. The summed E-state index contributed by atoms with van der Waals surface area (Å²) in [6.07, 6.45) is -3.97. The zero-order valence-electron chi connectivity index (χ0n) is 19.7. The maximum Gasteiger partial charge on any atom is 0.416 e. The molecular formula is C22H35F4N3O2S. The summed E-state index contributed by atoms with van der Waals surface area (Å²) in [6.45, 7) is 14.0. The van der Waals surface area contributed by atoms with Gasteiger partial charge in [0.1, 0.15) is 5.82 Å². The molecule has 0 spiro atoms. The fraction of sp³-hybridized carbons (Fsp3) is 0.682. The number of nitrogens with one attached hydrogen (secondary N) is 2. The maximum atomic E-state index is 13.7. The van der Waals surface area contributed by atoms with Crippen LogP contribution in [0.2, 0.25) is 0 Å². The van der Waals surface area contributed by atoms with Crippen LogP contribution in [0, 0.1) is 18.7 Å². The second-order valence-electron chi connectivity index (χ2n) is 8.94. The average molecular weight is 482 g/mol. The van der Waals surface area contributed by atoms with Gasteiger partial charge in [0.25, 0.3) is 5.91 Å². The highest BCUT2D eigenvalue weighted by Crippen LogP contribution is 2.33. The number of halogens is 4. The second-order valence-corrected chi connectivity index (χ2v) is 11.0. The molecule has 0 saturated heterocycles. The Morgan fingerprint density at radius 1 is 1.19 bits per heavy atom. The van der Waals surface area contributed by atoms with Gasteiger partial charge in [-0.3, -0.25) is 4.79 Å². The van der Waals surface area contributed by atoms with Crippen LogP contribution >= 0.6 is 0 Å². The molecule has 0 aromatic heterocycles. The van der Waals surface area contributed by atoms with Crippen LogP contribution in [0.5, 0.6) is 0 Å². The van der Waals surface area contributed by atoms with Gasteiger partial charge in [-0.1, -0.05) is 13.8 Å². The van der Waals surface area contributed by atoms with Gasteiger partial charge in [-0.15, -0.1) is 0 Å². The van der Waals surface area contributed by atoms with E-state index in [0.717, 1.165) is 32.1 Å². The molecule has 32 heavy (non-hydrogen) atoms. The molecule has 2 N–H and O–H groups in total. The van der Waals surface area contributed by atoms with Crippen LogP contribution in [0.25, 0.3) is 0 Å². The molecule has 10 heteroatoms. The van der Waals surface area contributed by atoms with Crippen molar-refractivity contribution in [1.82, 2.24) is 14.9 Å². The monoisotopic (exact) mass is 481 g/mol. The topological polar surface area (TPSA) is 61.4 Å². The summed E-state index contributed by atoms with van der Waals surface area (Å²) >= 11 is 0. The van der Waals surface area contributed by atoms with E-state index in [4.69, 9.17) is 0 Å². The van der Waals surface area contributed by atoms with Crippen LogP contribution in [-0.2, 0) is 17.2 Å². The van der Waals surface area contributed by atoms with E-state index in [9.17, 15) is 26.6 Å². The van der Waals surface area contributed by atoms with Gasteiger partial charge in [0.2, 0.25) is 0 Å². The molecular weight excluding hydrogens is 446 g/mol.